The Balaban J connectivity index is 1.69. The first kappa shape index (κ1) is 16.7. The molecule has 1 atom stereocenters. The Labute approximate surface area is 130 Å². The third kappa shape index (κ3) is 5.27. The van der Waals surface area contributed by atoms with Crippen LogP contribution in [0.3, 0.4) is 0 Å². The van der Waals surface area contributed by atoms with E-state index in [9.17, 15) is 14.7 Å². The normalized spacial score (nSPS) is 18.1. The highest BCUT2D eigenvalue weighted by Gasteiger charge is 2.18. The third-order valence-corrected chi connectivity index (χ3v) is 4.09. The molecule has 1 unspecified atom stereocenters. The highest BCUT2D eigenvalue weighted by Crippen LogP contribution is 2.15. The number of aliphatic hydroxyl groups is 1. The van der Waals surface area contributed by atoms with E-state index in [4.69, 9.17) is 0 Å². The van der Waals surface area contributed by atoms with Gasteiger partial charge in [-0.2, -0.15) is 0 Å². The number of piperidine rings is 1. The van der Waals surface area contributed by atoms with Crippen molar-refractivity contribution in [3.63, 3.8) is 0 Å². The van der Waals surface area contributed by atoms with E-state index < -0.39 is 6.10 Å². The van der Waals surface area contributed by atoms with Gasteiger partial charge in [-0.1, -0.05) is 13.0 Å². The first-order valence-electron chi connectivity index (χ1n) is 7.87. The van der Waals surface area contributed by atoms with Crippen molar-refractivity contribution in [1.82, 2.24) is 14.8 Å². The second kappa shape index (κ2) is 8.10. The zero-order valence-corrected chi connectivity index (χ0v) is 13.1. The summed E-state index contributed by atoms with van der Waals surface area (Å²) in [5.41, 5.74) is -0.208. The molecule has 0 bridgehead atoms. The molecule has 1 aliphatic rings. The number of aromatic nitrogens is 1. The number of nitrogens with one attached hydrogen (secondary N) is 1. The molecule has 0 aliphatic carbocycles. The summed E-state index contributed by atoms with van der Waals surface area (Å²) in [6, 6.07) is 4.76. The highest BCUT2D eigenvalue weighted by molar-refractivity contribution is 5.75. The molecular formula is C16H25N3O3. The van der Waals surface area contributed by atoms with Crippen molar-refractivity contribution in [1.29, 1.82) is 0 Å². The molecular weight excluding hydrogens is 282 g/mol. The predicted octanol–water partition coefficient (Wildman–Crippen LogP) is 0.0573. The zero-order chi connectivity index (χ0) is 15.9. The summed E-state index contributed by atoms with van der Waals surface area (Å²) < 4.78 is 1.34. The Morgan fingerprint density at radius 3 is 2.82 bits per heavy atom. The number of rotatable bonds is 6. The lowest BCUT2D eigenvalue weighted by Crippen LogP contribution is -2.43. The highest BCUT2D eigenvalue weighted by atomic mass is 16.3. The van der Waals surface area contributed by atoms with Crippen molar-refractivity contribution in [2.45, 2.75) is 32.4 Å². The number of amides is 1. The van der Waals surface area contributed by atoms with Gasteiger partial charge < -0.3 is 19.9 Å². The molecule has 1 aliphatic heterocycles. The van der Waals surface area contributed by atoms with Crippen molar-refractivity contribution >= 4 is 5.91 Å². The van der Waals surface area contributed by atoms with Gasteiger partial charge in [-0.05, 0) is 37.9 Å². The van der Waals surface area contributed by atoms with Crippen LogP contribution in [0.15, 0.2) is 29.2 Å². The van der Waals surface area contributed by atoms with Gasteiger partial charge in [0.2, 0.25) is 5.91 Å². The Kier molecular flexibility index (Phi) is 6.15. The Morgan fingerprint density at radius 2 is 2.14 bits per heavy atom. The van der Waals surface area contributed by atoms with E-state index in [2.05, 4.69) is 17.1 Å². The first-order chi connectivity index (χ1) is 10.5. The van der Waals surface area contributed by atoms with Gasteiger partial charge in [-0.3, -0.25) is 9.59 Å². The van der Waals surface area contributed by atoms with Gasteiger partial charge in [0.1, 0.15) is 6.54 Å². The van der Waals surface area contributed by atoms with E-state index in [1.165, 1.54) is 10.6 Å². The molecule has 1 aromatic rings. The van der Waals surface area contributed by atoms with E-state index in [-0.39, 0.29) is 24.6 Å². The van der Waals surface area contributed by atoms with Crippen molar-refractivity contribution < 1.29 is 9.90 Å². The summed E-state index contributed by atoms with van der Waals surface area (Å²) >= 11 is 0. The van der Waals surface area contributed by atoms with Gasteiger partial charge in [0.15, 0.2) is 0 Å². The van der Waals surface area contributed by atoms with Gasteiger partial charge in [0, 0.05) is 25.4 Å². The number of nitrogens with zero attached hydrogens (tertiary/aromatic N) is 2. The minimum atomic E-state index is -0.579. The molecule has 22 heavy (non-hydrogen) atoms. The van der Waals surface area contributed by atoms with Gasteiger partial charge in [-0.25, -0.2) is 0 Å². The molecule has 6 nitrogen and oxygen atoms in total. The summed E-state index contributed by atoms with van der Waals surface area (Å²) in [5, 5.41) is 12.7. The largest absolute Gasteiger partial charge is 0.390 e. The lowest BCUT2D eigenvalue weighted by atomic mass is 9.99. The van der Waals surface area contributed by atoms with Crippen molar-refractivity contribution in [3.8, 4) is 0 Å². The number of pyridine rings is 1. The molecule has 1 saturated heterocycles. The van der Waals surface area contributed by atoms with Crippen LogP contribution in [0, 0.1) is 5.92 Å². The zero-order valence-electron chi connectivity index (χ0n) is 13.1. The van der Waals surface area contributed by atoms with Gasteiger partial charge in [0.25, 0.3) is 5.56 Å². The number of carbonyl (C=O) groups is 1. The summed E-state index contributed by atoms with van der Waals surface area (Å²) in [5.74, 6) is 0.497. The topological polar surface area (TPSA) is 74.6 Å². The van der Waals surface area contributed by atoms with Crippen molar-refractivity contribution in [2.24, 2.45) is 5.92 Å². The van der Waals surface area contributed by atoms with Gasteiger partial charge >= 0.3 is 0 Å². The van der Waals surface area contributed by atoms with Crippen LogP contribution in [0.5, 0.6) is 0 Å². The fourth-order valence-corrected chi connectivity index (χ4v) is 2.64. The Morgan fingerprint density at radius 1 is 1.41 bits per heavy atom. The molecule has 1 amide bonds. The molecule has 0 saturated carbocycles. The summed E-state index contributed by atoms with van der Waals surface area (Å²) in [6.07, 6.45) is 3.32. The fraction of sp³-hybridized carbons (Fsp3) is 0.625. The van der Waals surface area contributed by atoms with Crippen LogP contribution in [0.1, 0.15) is 19.8 Å². The monoisotopic (exact) mass is 307 g/mol. The molecule has 6 heteroatoms. The molecule has 122 valence electrons. The van der Waals surface area contributed by atoms with Crippen LogP contribution in [0.4, 0.5) is 0 Å². The summed E-state index contributed by atoms with van der Waals surface area (Å²) in [7, 11) is 0. The van der Waals surface area contributed by atoms with Crippen LogP contribution >= 0.6 is 0 Å². The third-order valence-electron chi connectivity index (χ3n) is 4.09. The summed E-state index contributed by atoms with van der Waals surface area (Å²) in [4.78, 5) is 25.6. The minimum Gasteiger partial charge on any atom is -0.390 e. The minimum absolute atomic E-state index is 0.0202. The standard InChI is InChI=1S/C16H25N3O3/c1-13-5-8-18(9-6-13)11-14(20)10-17-15(21)12-19-7-3-2-4-16(19)22/h2-4,7,13-14,20H,5-6,8-12H2,1H3,(H,17,21). The first-order valence-corrected chi connectivity index (χ1v) is 7.87. The van der Waals surface area contributed by atoms with E-state index in [0.29, 0.717) is 6.54 Å². The molecule has 0 spiro atoms. The molecule has 1 aromatic heterocycles. The number of hydrogen-bond acceptors (Lipinski definition) is 4. The SMILES string of the molecule is CC1CCN(CC(O)CNC(=O)Cn2ccccc2=O)CC1. The van der Waals surface area contributed by atoms with E-state index in [0.717, 1.165) is 31.8 Å². The van der Waals surface area contributed by atoms with Crippen molar-refractivity contribution in [2.75, 3.05) is 26.2 Å². The maximum Gasteiger partial charge on any atom is 0.250 e. The molecule has 0 radical (unpaired) electrons. The van der Waals surface area contributed by atoms with Crippen LogP contribution < -0.4 is 10.9 Å². The number of aliphatic hydroxyl groups excluding tert-OH is 1. The average molecular weight is 307 g/mol. The molecule has 2 rings (SSSR count). The Bertz CT molecular complexity index is 535. The van der Waals surface area contributed by atoms with E-state index >= 15 is 0 Å². The second-order valence-electron chi connectivity index (χ2n) is 6.11. The average Bonchev–Trinajstić information content (AvgIpc) is 2.50. The lowest BCUT2D eigenvalue weighted by molar-refractivity contribution is -0.122. The summed E-state index contributed by atoms with van der Waals surface area (Å²) in [6.45, 7) is 5.04. The quantitative estimate of drug-likeness (QED) is 0.779. The number of hydrogen-bond donors (Lipinski definition) is 2. The Hall–Kier alpha value is -1.66. The lowest BCUT2D eigenvalue weighted by Gasteiger charge is -2.31. The van der Waals surface area contributed by atoms with Crippen LogP contribution in [0.2, 0.25) is 0 Å². The maximum atomic E-state index is 11.8. The van der Waals surface area contributed by atoms with E-state index in [1.54, 1.807) is 18.3 Å². The molecule has 2 heterocycles. The smallest absolute Gasteiger partial charge is 0.250 e. The predicted molar refractivity (Wildman–Crippen MR) is 84.6 cm³/mol. The van der Waals surface area contributed by atoms with E-state index in [1.807, 2.05) is 0 Å². The van der Waals surface area contributed by atoms with Crippen LogP contribution in [-0.4, -0.2) is 52.8 Å². The molecule has 0 aromatic carbocycles. The van der Waals surface area contributed by atoms with Gasteiger partial charge in [0.05, 0.1) is 6.10 Å². The maximum absolute atomic E-state index is 11.8. The van der Waals surface area contributed by atoms with Crippen molar-refractivity contribution in [3.05, 3.63) is 34.7 Å². The van der Waals surface area contributed by atoms with Crippen LogP contribution in [0.25, 0.3) is 0 Å². The van der Waals surface area contributed by atoms with Gasteiger partial charge in [-0.15, -0.1) is 0 Å². The second-order valence-corrected chi connectivity index (χ2v) is 6.11. The van der Waals surface area contributed by atoms with Crippen LogP contribution in [-0.2, 0) is 11.3 Å². The molecule has 2 N–H and O–H groups in total. The number of β-amino-alcohol motifs (C(OH)–C–C–N with tert-alkyl or cyclic N) is 1. The molecule has 1 fully saturated rings. The fourth-order valence-electron chi connectivity index (χ4n) is 2.64. The number of carbonyl (C=O) groups excluding carboxylic acids is 1. The number of likely N-dealkylation sites (tertiary alicyclic amines) is 1.